The van der Waals surface area contributed by atoms with Gasteiger partial charge in [0.25, 0.3) is 0 Å². The molecule has 61 heavy (non-hydrogen) atoms. The normalized spacial score (nSPS) is 35.6. The largest absolute Gasteiger partial charge is 0.458 e. The Labute approximate surface area is 359 Å². The number of H-pyrrole nitrogens is 1. The SMILES string of the molecule is CC[C@H]1OC(=O)[C@H](C)C(=O)[C@H](C)[C@@H](O[C@@H]2O[C@H](C)C[C@H](N(C)C)[C@H]2O)[C@](C)(OC)C[C@@H](C)C(=O)[C@H](C)[C@H]2N(CCCCn3cnc(-c4c[nH]c5ccccc45)c3)C(=O)O[C@]12C. The van der Waals surface area contributed by atoms with Crippen molar-refractivity contribution in [3.8, 4) is 11.3 Å². The fourth-order valence-electron chi connectivity index (χ4n) is 10.2. The molecule has 1 amide bonds. The smallest absolute Gasteiger partial charge is 0.410 e. The van der Waals surface area contributed by atoms with Crippen LogP contribution in [0.2, 0.25) is 0 Å². The van der Waals surface area contributed by atoms with Gasteiger partial charge in [-0.3, -0.25) is 14.4 Å². The molecule has 0 aliphatic carbocycles. The van der Waals surface area contributed by atoms with E-state index >= 15 is 0 Å². The molecule has 2 aromatic heterocycles. The Morgan fingerprint density at radius 2 is 1.70 bits per heavy atom. The van der Waals surface area contributed by atoms with E-state index in [0.29, 0.717) is 32.4 Å². The van der Waals surface area contributed by atoms with Crippen molar-refractivity contribution in [2.75, 3.05) is 27.7 Å². The molecule has 0 radical (unpaired) electrons. The number of carbonyl (C=O) groups excluding carboxylic acids is 4. The molecule has 336 valence electrons. The zero-order chi connectivity index (χ0) is 44.6. The summed E-state index contributed by atoms with van der Waals surface area (Å²) < 4.78 is 33.3. The number of aryl methyl sites for hydroxylation is 1. The molecule has 0 saturated carbocycles. The van der Waals surface area contributed by atoms with Gasteiger partial charge in [0, 0.05) is 72.9 Å². The maximum Gasteiger partial charge on any atom is 0.410 e. The van der Waals surface area contributed by atoms with Gasteiger partial charge in [0.15, 0.2) is 17.7 Å². The van der Waals surface area contributed by atoms with Crippen molar-refractivity contribution < 1.29 is 48.0 Å². The predicted molar refractivity (Wildman–Crippen MR) is 228 cm³/mol. The van der Waals surface area contributed by atoms with Crippen molar-refractivity contribution in [1.29, 1.82) is 0 Å². The number of imidazole rings is 1. The summed E-state index contributed by atoms with van der Waals surface area (Å²) in [6, 6.07) is 7.01. The number of fused-ring (bicyclic) bond motifs is 2. The summed E-state index contributed by atoms with van der Waals surface area (Å²) in [7, 11) is 5.25. The third kappa shape index (κ3) is 9.18. The third-order valence-corrected chi connectivity index (χ3v) is 13.7. The van der Waals surface area contributed by atoms with Crippen molar-refractivity contribution in [2.45, 2.75) is 148 Å². The van der Waals surface area contributed by atoms with Crippen LogP contribution in [0.3, 0.4) is 0 Å². The Morgan fingerprint density at radius 1 is 1.00 bits per heavy atom. The van der Waals surface area contributed by atoms with E-state index < -0.39 is 83.4 Å². The minimum atomic E-state index is -1.41. The van der Waals surface area contributed by atoms with Gasteiger partial charge in [0.1, 0.15) is 23.9 Å². The molecular formula is C46H67N5O10. The number of aliphatic hydroxyl groups is 1. The molecule has 15 nitrogen and oxygen atoms in total. The maximum absolute atomic E-state index is 14.8. The average Bonchev–Trinajstić information content (AvgIpc) is 3.95. The van der Waals surface area contributed by atoms with E-state index in [1.165, 1.54) is 14.0 Å². The van der Waals surface area contributed by atoms with Crippen molar-refractivity contribution in [3.05, 3.63) is 43.0 Å². The van der Waals surface area contributed by atoms with Crippen LogP contribution in [0.4, 0.5) is 4.79 Å². The van der Waals surface area contributed by atoms with Crippen LogP contribution in [0, 0.1) is 23.7 Å². The van der Waals surface area contributed by atoms with Crippen LogP contribution < -0.4 is 0 Å². The number of unbranched alkanes of at least 4 members (excludes halogenated alkanes) is 1. The lowest BCUT2D eigenvalue weighted by Crippen LogP contribution is -2.60. The molecule has 5 heterocycles. The van der Waals surface area contributed by atoms with Gasteiger partial charge in [-0.2, -0.15) is 0 Å². The Hall–Kier alpha value is -4.15. The molecule has 3 fully saturated rings. The summed E-state index contributed by atoms with van der Waals surface area (Å²) in [4.78, 5) is 68.6. The van der Waals surface area contributed by atoms with Crippen molar-refractivity contribution in [3.63, 3.8) is 0 Å². The van der Waals surface area contributed by atoms with E-state index in [2.05, 4.69) is 16.0 Å². The highest BCUT2D eigenvalue weighted by molar-refractivity contribution is 6.00. The second-order valence-corrected chi connectivity index (χ2v) is 18.3. The monoisotopic (exact) mass is 849 g/mol. The number of carbonyl (C=O) groups is 4. The minimum absolute atomic E-state index is 0.129. The standard InChI is InChI=1S/C46H67N5O10/c1-12-36-46(8)40(51(44(56)61-46)20-16-15-19-50-24-34(48-25-50)32-23-47-33-18-14-13-17-31(32)33)28(4)37(52)26(2)22-45(7,57-11)41(29(5)38(53)30(6)42(55)59-36)60-43-39(54)35(49(9)10)21-27(3)58-43/h13-14,17-18,23-30,35-36,39-41,43,47,54H,12,15-16,19-22H2,1-11H3/t26-,27-,28+,29+,30-,35+,36-,39-,40-,41-,43+,45-,46-/m1/s1. The summed E-state index contributed by atoms with van der Waals surface area (Å²) in [5.74, 6) is -4.96. The number of Topliss-reactive ketones (excluding diaryl/α,β-unsaturated/α-hetero) is 2. The zero-order valence-electron chi connectivity index (χ0n) is 37.8. The molecule has 6 rings (SSSR count). The van der Waals surface area contributed by atoms with Gasteiger partial charge < -0.3 is 48.1 Å². The number of hydrogen-bond donors (Lipinski definition) is 2. The van der Waals surface area contributed by atoms with Crippen LogP contribution in [0.25, 0.3) is 22.2 Å². The lowest BCUT2D eigenvalue weighted by molar-refractivity contribution is -0.295. The van der Waals surface area contributed by atoms with E-state index in [-0.39, 0.29) is 30.8 Å². The minimum Gasteiger partial charge on any atom is -0.458 e. The van der Waals surface area contributed by atoms with Gasteiger partial charge in [0.2, 0.25) is 0 Å². The van der Waals surface area contributed by atoms with Gasteiger partial charge in [-0.1, -0.05) is 45.9 Å². The van der Waals surface area contributed by atoms with E-state index in [1.54, 1.807) is 38.9 Å². The molecule has 1 aromatic carbocycles. The number of benzene rings is 1. The van der Waals surface area contributed by atoms with Crippen molar-refractivity contribution in [1.82, 2.24) is 24.3 Å². The van der Waals surface area contributed by atoms with Crippen LogP contribution in [-0.2, 0) is 44.6 Å². The van der Waals surface area contributed by atoms with Crippen LogP contribution >= 0.6 is 0 Å². The number of nitrogens with zero attached hydrogens (tertiary/aromatic N) is 4. The Kier molecular flexibility index (Phi) is 14.2. The summed E-state index contributed by atoms with van der Waals surface area (Å²) in [6.07, 6.45) is 3.02. The number of aromatic nitrogens is 3. The number of hydrogen-bond acceptors (Lipinski definition) is 12. The third-order valence-electron chi connectivity index (χ3n) is 13.7. The quantitative estimate of drug-likeness (QED) is 0.131. The number of amides is 1. The first-order chi connectivity index (χ1) is 28.8. The van der Waals surface area contributed by atoms with Gasteiger partial charge in [-0.25, -0.2) is 9.78 Å². The number of para-hydroxylation sites is 1. The first-order valence-electron chi connectivity index (χ1n) is 21.9. The van der Waals surface area contributed by atoms with E-state index in [4.69, 9.17) is 23.7 Å². The fourth-order valence-corrected chi connectivity index (χ4v) is 10.2. The summed E-state index contributed by atoms with van der Waals surface area (Å²) in [5.41, 5.74) is 0.246. The Bertz CT molecular complexity index is 2030. The fraction of sp³-hybridized carbons (Fsp3) is 0.674. The summed E-state index contributed by atoms with van der Waals surface area (Å²) in [5, 5.41) is 12.6. The number of likely N-dealkylation sites (N-methyl/N-ethyl adjacent to an activating group) is 1. The van der Waals surface area contributed by atoms with Gasteiger partial charge in [0.05, 0.1) is 35.9 Å². The van der Waals surface area contributed by atoms with Crippen molar-refractivity contribution >= 4 is 34.5 Å². The highest BCUT2D eigenvalue weighted by Gasteiger charge is 2.60. The molecule has 0 bridgehead atoms. The molecule has 2 N–H and O–H groups in total. The summed E-state index contributed by atoms with van der Waals surface area (Å²) in [6.45, 7) is 15.0. The number of rotatable bonds is 11. The number of aromatic amines is 1. The second kappa shape index (κ2) is 18.7. The van der Waals surface area contributed by atoms with E-state index in [1.807, 2.05) is 74.9 Å². The molecule has 3 aliphatic rings. The highest BCUT2D eigenvalue weighted by Crippen LogP contribution is 2.43. The van der Waals surface area contributed by atoms with Crippen LogP contribution in [0.5, 0.6) is 0 Å². The van der Waals surface area contributed by atoms with Gasteiger partial charge in [-0.05, 0) is 80.0 Å². The molecule has 0 spiro atoms. The average molecular weight is 850 g/mol. The lowest BCUT2D eigenvalue weighted by atomic mass is 9.73. The molecule has 3 aliphatic heterocycles. The number of ketones is 2. The molecule has 3 aromatic rings. The Morgan fingerprint density at radius 3 is 2.39 bits per heavy atom. The lowest BCUT2D eigenvalue weighted by Gasteiger charge is -2.47. The van der Waals surface area contributed by atoms with Crippen LogP contribution in [0.1, 0.15) is 87.5 Å². The summed E-state index contributed by atoms with van der Waals surface area (Å²) >= 11 is 0. The van der Waals surface area contributed by atoms with E-state index in [9.17, 15) is 24.3 Å². The number of methoxy groups -OCH3 is 1. The number of nitrogens with one attached hydrogen (secondary N) is 1. The topological polar surface area (TPSA) is 175 Å². The molecule has 13 atom stereocenters. The van der Waals surface area contributed by atoms with Crippen LogP contribution in [0.15, 0.2) is 43.0 Å². The second-order valence-electron chi connectivity index (χ2n) is 18.3. The number of ether oxygens (including phenoxy) is 5. The van der Waals surface area contributed by atoms with Crippen molar-refractivity contribution in [2.24, 2.45) is 23.7 Å². The van der Waals surface area contributed by atoms with E-state index in [0.717, 1.165) is 22.2 Å². The maximum atomic E-state index is 14.8. The number of esters is 1. The number of cyclic esters (lactones) is 1. The first-order valence-corrected chi connectivity index (χ1v) is 21.9. The van der Waals surface area contributed by atoms with Gasteiger partial charge in [-0.15, -0.1) is 0 Å². The molecule has 15 heteroatoms. The van der Waals surface area contributed by atoms with Gasteiger partial charge >= 0.3 is 12.1 Å². The zero-order valence-corrected chi connectivity index (χ0v) is 37.8. The molecular weight excluding hydrogens is 783 g/mol. The predicted octanol–water partition coefficient (Wildman–Crippen LogP) is 6.02. The molecule has 3 saturated heterocycles. The first kappa shape index (κ1) is 46.4. The highest BCUT2D eigenvalue weighted by atomic mass is 16.7. The van der Waals surface area contributed by atoms with Crippen LogP contribution in [-0.4, -0.2) is 135 Å². The molecule has 0 unspecified atom stereocenters. The number of aliphatic hydroxyl groups excluding tert-OH is 1. The Balaban J connectivity index is 1.25.